The van der Waals surface area contributed by atoms with Crippen LogP contribution in [0.3, 0.4) is 0 Å². The molecule has 0 radical (unpaired) electrons. The maximum absolute atomic E-state index is 12.0. The number of nitrogens with one attached hydrogen (secondary N) is 1. The fourth-order valence-electron chi connectivity index (χ4n) is 1.71. The number of benzene rings is 1. The highest BCUT2D eigenvalue weighted by atomic mass is 32.1. The highest BCUT2D eigenvalue weighted by molar-refractivity contribution is 7.11. The first-order valence-corrected chi connectivity index (χ1v) is 6.92. The van der Waals surface area contributed by atoms with Crippen LogP contribution in [0.2, 0.25) is 0 Å². The van der Waals surface area contributed by atoms with Crippen LogP contribution in [0.4, 0.5) is 0 Å². The van der Waals surface area contributed by atoms with Crippen LogP contribution >= 0.6 is 11.3 Å². The molecule has 5 heteroatoms. The molecule has 0 aliphatic heterocycles. The molecule has 0 fully saturated rings. The van der Waals surface area contributed by atoms with E-state index in [1.807, 2.05) is 32.0 Å². The quantitative estimate of drug-likeness (QED) is 0.898. The molecule has 0 atom stereocenters. The first-order valence-electron chi connectivity index (χ1n) is 6.10. The van der Waals surface area contributed by atoms with Crippen molar-refractivity contribution in [3.05, 3.63) is 51.0 Å². The van der Waals surface area contributed by atoms with Crippen molar-refractivity contribution in [3.8, 4) is 0 Å². The molecule has 0 spiro atoms. The van der Waals surface area contributed by atoms with E-state index in [4.69, 9.17) is 5.73 Å². The second kappa shape index (κ2) is 5.95. The van der Waals surface area contributed by atoms with Gasteiger partial charge < -0.3 is 11.1 Å². The number of rotatable bonds is 4. The van der Waals surface area contributed by atoms with Crippen molar-refractivity contribution in [1.82, 2.24) is 10.3 Å². The van der Waals surface area contributed by atoms with Crippen molar-refractivity contribution in [2.75, 3.05) is 0 Å². The van der Waals surface area contributed by atoms with Crippen LogP contribution in [0, 0.1) is 13.8 Å². The minimum Gasteiger partial charge on any atom is -0.346 e. The summed E-state index contributed by atoms with van der Waals surface area (Å²) in [6.45, 7) is 4.90. The number of hydrogen-bond acceptors (Lipinski definition) is 4. The Kier molecular flexibility index (Phi) is 4.29. The zero-order chi connectivity index (χ0) is 13.8. The van der Waals surface area contributed by atoms with Gasteiger partial charge in [0, 0.05) is 17.0 Å². The highest BCUT2D eigenvalue weighted by Gasteiger charge is 2.08. The molecule has 1 amide bonds. The van der Waals surface area contributed by atoms with Crippen molar-refractivity contribution < 1.29 is 4.79 Å². The van der Waals surface area contributed by atoms with Gasteiger partial charge in [-0.3, -0.25) is 4.79 Å². The summed E-state index contributed by atoms with van der Waals surface area (Å²) in [5.41, 5.74) is 8.18. The predicted octanol–water partition coefficient (Wildman–Crippen LogP) is 2.15. The molecular weight excluding hydrogens is 258 g/mol. The zero-order valence-electron chi connectivity index (χ0n) is 11.1. The Morgan fingerprint density at radius 1 is 1.42 bits per heavy atom. The number of thiazole rings is 1. The van der Waals surface area contributed by atoms with E-state index in [2.05, 4.69) is 10.3 Å². The Morgan fingerprint density at radius 2 is 2.21 bits per heavy atom. The molecule has 2 rings (SSSR count). The third-order valence-corrected chi connectivity index (χ3v) is 3.97. The molecule has 1 aromatic carbocycles. The number of aryl methyl sites for hydroxylation is 2. The van der Waals surface area contributed by atoms with Crippen LogP contribution in [0.15, 0.2) is 24.3 Å². The van der Waals surface area contributed by atoms with Gasteiger partial charge in [0.2, 0.25) is 0 Å². The maximum Gasteiger partial charge on any atom is 0.251 e. The Labute approximate surface area is 116 Å². The molecule has 4 nitrogen and oxygen atoms in total. The molecule has 19 heavy (non-hydrogen) atoms. The molecule has 100 valence electrons. The zero-order valence-corrected chi connectivity index (χ0v) is 11.9. The lowest BCUT2D eigenvalue weighted by atomic mass is 10.1. The standard InChI is InChI=1S/C14H17N3OS/c1-9-10(2)19-13(17-9)8-16-14(18)12-5-3-4-11(6-12)7-15/h3-6H,7-8,15H2,1-2H3,(H,16,18). The minimum absolute atomic E-state index is 0.0965. The number of nitrogens with two attached hydrogens (primary N) is 1. The van der Waals surface area contributed by atoms with E-state index in [1.165, 1.54) is 4.88 Å². The molecule has 1 heterocycles. The predicted molar refractivity (Wildman–Crippen MR) is 77.1 cm³/mol. The molecule has 0 aliphatic carbocycles. The maximum atomic E-state index is 12.0. The van der Waals surface area contributed by atoms with E-state index in [9.17, 15) is 4.79 Å². The minimum atomic E-state index is -0.0965. The third-order valence-electron chi connectivity index (χ3n) is 2.90. The SMILES string of the molecule is Cc1nc(CNC(=O)c2cccc(CN)c2)sc1C. The molecule has 3 N–H and O–H groups in total. The van der Waals surface area contributed by atoms with Gasteiger partial charge in [0.15, 0.2) is 0 Å². The van der Waals surface area contributed by atoms with Gasteiger partial charge >= 0.3 is 0 Å². The van der Waals surface area contributed by atoms with Gasteiger partial charge in [0.1, 0.15) is 5.01 Å². The lowest BCUT2D eigenvalue weighted by molar-refractivity contribution is 0.0950. The van der Waals surface area contributed by atoms with E-state index in [0.717, 1.165) is 16.3 Å². The Hall–Kier alpha value is -1.72. The first kappa shape index (κ1) is 13.7. The van der Waals surface area contributed by atoms with E-state index in [-0.39, 0.29) is 5.91 Å². The van der Waals surface area contributed by atoms with Crippen LogP contribution in [0.25, 0.3) is 0 Å². The summed E-state index contributed by atoms with van der Waals surface area (Å²) in [5.74, 6) is -0.0965. The summed E-state index contributed by atoms with van der Waals surface area (Å²) in [7, 11) is 0. The van der Waals surface area contributed by atoms with Crippen LogP contribution in [-0.4, -0.2) is 10.9 Å². The number of aromatic nitrogens is 1. The van der Waals surface area contributed by atoms with Crippen molar-refractivity contribution >= 4 is 17.2 Å². The average Bonchev–Trinajstić information content (AvgIpc) is 2.75. The summed E-state index contributed by atoms with van der Waals surface area (Å²) in [6.07, 6.45) is 0. The lowest BCUT2D eigenvalue weighted by Crippen LogP contribution is -2.22. The summed E-state index contributed by atoms with van der Waals surface area (Å²) in [5, 5.41) is 3.80. The number of hydrogen-bond donors (Lipinski definition) is 2. The van der Waals surface area contributed by atoms with E-state index >= 15 is 0 Å². The van der Waals surface area contributed by atoms with Crippen LogP contribution in [0.1, 0.15) is 31.5 Å². The fraction of sp³-hybridized carbons (Fsp3) is 0.286. The fourth-order valence-corrected chi connectivity index (χ4v) is 2.59. The summed E-state index contributed by atoms with van der Waals surface area (Å²) in [4.78, 5) is 17.6. The van der Waals surface area contributed by atoms with Crippen molar-refractivity contribution in [2.45, 2.75) is 26.9 Å². The molecule has 0 saturated heterocycles. The number of amides is 1. The van der Waals surface area contributed by atoms with Gasteiger partial charge in [-0.15, -0.1) is 11.3 Å². The van der Waals surface area contributed by atoms with Gasteiger partial charge in [-0.25, -0.2) is 4.98 Å². The summed E-state index contributed by atoms with van der Waals surface area (Å²) in [6, 6.07) is 7.35. The lowest BCUT2D eigenvalue weighted by Gasteiger charge is -2.04. The second-order valence-corrected chi connectivity index (χ2v) is 5.62. The highest BCUT2D eigenvalue weighted by Crippen LogP contribution is 2.16. The average molecular weight is 275 g/mol. The smallest absolute Gasteiger partial charge is 0.251 e. The van der Waals surface area contributed by atoms with Gasteiger partial charge in [-0.2, -0.15) is 0 Å². The molecule has 0 aliphatic rings. The van der Waals surface area contributed by atoms with Crippen molar-refractivity contribution in [2.24, 2.45) is 5.73 Å². The molecule has 0 unspecified atom stereocenters. The van der Waals surface area contributed by atoms with Crippen LogP contribution < -0.4 is 11.1 Å². The van der Waals surface area contributed by atoms with Crippen LogP contribution in [-0.2, 0) is 13.1 Å². The van der Waals surface area contributed by atoms with Crippen molar-refractivity contribution in [1.29, 1.82) is 0 Å². The molecule has 0 saturated carbocycles. The number of carbonyl (C=O) groups excluding carboxylic acids is 1. The Morgan fingerprint density at radius 3 is 2.84 bits per heavy atom. The topological polar surface area (TPSA) is 68.0 Å². The van der Waals surface area contributed by atoms with Gasteiger partial charge in [0.25, 0.3) is 5.91 Å². The second-order valence-electron chi connectivity index (χ2n) is 4.34. The van der Waals surface area contributed by atoms with E-state index in [0.29, 0.717) is 18.7 Å². The van der Waals surface area contributed by atoms with Gasteiger partial charge in [-0.1, -0.05) is 12.1 Å². The van der Waals surface area contributed by atoms with Gasteiger partial charge in [0.05, 0.1) is 12.2 Å². The monoisotopic (exact) mass is 275 g/mol. The van der Waals surface area contributed by atoms with Gasteiger partial charge in [-0.05, 0) is 31.5 Å². The summed E-state index contributed by atoms with van der Waals surface area (Å²) < 4.78 is 0. The number of carbonyl (C=O) groups is 1. The number of nitrogens with zero attached hydrogens (tertiary/aromatic N) is 1. The largest absolute Gasteiger partial charge is 0.346 e. The Bertz CT molecular complexity index is 573. The molecule has 2 aromatic rings. The van der Waals surface area contributed by atoms with Crippen LogP contribution in [0.5, 0.6) is 0 Å². The van der Waals surface area contributed by atoms with Crippen molar-refractivity contribution in [3.63, 3.8) is 0 Å². The molecule has 0 bridgehead atoms. The Balaban J connectivity index is 2.00. The van der Waals surface area contributed by atoms with E-state index < -0.39 is 0 Å². The molecular formula is C14H17N3OS. The molecule has 1 aromatic heterocycles. The first-order chi connectivity index (χ1) is 9.10. The third kappa shape index (κ3) is 3.39. The normalized spacial score (nSPS) is 10.5. The van der Waals surface area contributed by atoms with E-state index in [1.54, 1.807) is 17.4 Å². The summed E-state index contributed by atoms with van der Waals surface area (Å²) >= 11 is 1.61.